The molecular weight excluding hydrogens is 265 g/mol. The normalized spacial score (nSPS) is 11.1. The van der Waals surface area contributed by atoms with Crippen LogP contribution in [0.25, 0.3) is 4.96 Å². The maximum absolute atomic E-state index is 13.6. The van der Waals surface area contributed by atoms with Crippen molar-refractivity contribution in [2.45, 2.75) is 6.54 Å². The lowest BCUT2D eigenvalue weighted by Gasteiger charge is -2.06. The molecule has 0 saturated heterocycles. The van der Waals surface area contributed by atoms with Gasteiger partial charge < -0.3 is 10.1 Å². The predicted octanol–water partition coefficient (Wildman–Crippen LogP) is 3.05. The van der Waals surface area contributed by atoms with Crippen molar-refractivity contribution in [3.8, 4) is 11.6 Å². The average molecular weight is 277 g/mol. The molecule has 0 bridgehead atoms. The first-order valence-corrected chi connectivity index (χ1v) is 6.69. The summed E-state index contributed by atoms with van der Waals surface area (Å²) in [6.07, 6.45) is 1.92. The molecule has 0 radical (unpaired) electrons. The first-order chi connectivity index (χ1) is 9.29. The summed E-state index contributed by atoms with van der Waals surface area (Å²) in [6, 6.07) is 6.31. The topological polar surface area (TPSA) is 38.6 Å². The second-order valence-corrected chi connectivity index (χ2v) is 4.86. The highest BCUT2D eigenvalue weighted by Gasteiger charge is 2.15. The van der Waals surface area contributed by atoms with Gasteiger partial charge in [0.25, 0.3) is 0 Å². The van der Waals surface area contributed by atoms with Crippen LogP contribution in [0.5, 0.6) is 11.6 Å². The molecule has 0 aliphatic carbocycles. The molecule has 0 fully saturated rings. The number of thiazole rings is 1. The van der Waals surface area contributed by atoms with Crippen molar-refractivity contribution >= 4 is 16.3 Å². The van der Waals surface area contributed by atoms with Crippen LogP contribution in [0.3, 0.4) is 0 Å². The van der Waals surface area contributed by atoms with Crippen molar-refractivity contribution in [3.05, 3.63) is 47.4 Å². The van der Waals surface area contributed by atoms with E-state index >= 15 is 0 Å². The SMILES string of the molecule is CNCc1c(Oc2ccccc2F)nc2sccn12. The van der Waals surface area contributed by atoms with Crippen LogP contribution < -0.4 is 10.1 Å². The molecule has 0 amide bonds. The third-order valence-electron chi connectivity index (χ3n) is 2.71. The molecule has 98 valence electrons. The monoisotopic (exact) mass is 277 g/mol. The number of hydrogen-bond acceptors (Lipinski definition) is 4. The van der Waals surface area contributed by atoms with E-state index in [2.05, 4.69) is 10.3 Å². The molecule has 0 saturated carbocycles. The number of rotatable bonds is 4. The number of hydrogen-bond donors (Lipinski definition) is 1. The number of aromatic nitrogens is 2. The Morgan fingerprint density at radius 3 is 3.05 bits per heavy atom. The third-order valence-corrected chi connectivity index (χ3v) is 3.47. The van der Waals surface area contributed by atoms with Gasteiger partial charge >= 0.3 is 0 Å². The van der Waals surface area contributed by atoms with Crippen molar-refractivity contribution in [1.82, 2.24) is 14.7 Å². The van der Waals surface area contributed by atoms with Crippen molar-refractivity contribution in [2.75, 3.05) is 7.05 Å². The Balaban J connectivity index is 2.02. The molecule has 1 aromatic carbocycles. The average Bonchev–Trinajstić information content (AvgIpc) is 2.96. The Kier molecular flexibility index (Phi) is 3.18. The lowest BCUT2D eigenvalue weighted by atomic mass is 10.3. The molecule has 0 aliphatic heterocycles. The van der Waals surface area contributed by atoms with Gasteiger partial charge in [0, 0.05) is 18.1 Å². The molecule has 0 aliphatic rings. The zero-order chi connectivity index (χ0) is 13.2. The Morgan fingerprint density at radius 2 is 2.26 bits per heavy atom. The molecule has 6 heteroatoms. The first-order valence-electron chi connectivity index (χ1n) is 5.81. The summed E-state index contributed by atoms with van der Waals surface area (Å²) in [6.45, 7) is 0.599. The van der Waals surface area contributed by atoms with E-state index in [4.69, 9.17) is 4.74 Å². The van der Waals surface area contributed by atoms with Gasteiger partial charge in [-0.15, -0.1) is 11.3 Å². The van der Waals surface area contributed by atoms with Crippen molar-refractivity contribution in [2.24, 2.45) is 0 Å². The van der Waals surface area contributed by atoms with Gasteiger partial charge in [-0.25, -0.2) is 4.39 Å². The fourth-order valence-corrected chi connectivity index (χ4v) is 2.58. The summed E-state index contributed by atoms with van der Waals surface area (Å²) < 4.78 is 21.1. The van der Waals surface area contributed by atoms with Crippen LogP contribution in [0.15, 0.2) is 35.8 Å². The zero-order valence-corrected chi connectivity index (χ0v) is 11.1. The van der Waals surface area contributed by atoms with Crippen molar-refractivity contribution in [3.63, 3.8) is 0 Å². The van der Waals surface area contributed by atoms with Gasteiger partial charge in [-0.2, -0.15) is 4.98 Å². The Hall–Kier alpha value is -1.92. The first kappa shape index (κ1) is 12.1. The minimum atomic E-state index is -0.394. The Labute approximate surface area is 113 Å². The maximum Gasteiger partial charge on any atom is 0.243 e. The molecule has 4 nitrogen and oxygen atoms in total. The molecule has 0 atom stereocenters. The van der Waals surface area contributed by atoms with E-state index in [1.54, 1.807) is 18.2 Å². The maximum atomic E-state index is 13.6. The largest absolute Gasteiger partial charge is 0.434 e. The van der Waals surface area contributed by atoms with Crippen molar-refractivity contribution in [1.29, 1.82) is 0 Å². The number of nitrogens with one attached hydrogen (secondary N) is 1. The molecule has 2 heterocycles. The lowest BCUT2D eigenvalue weighted by molar-refractivity contribution is 0.423. The van der Waals surface area contributed by atoms with E-state index in [1.807, 2.05) is 23.0 Å². The molecule has 19 heavy (non-hydrogen) atoms. The van der Waals surface area contributed by atoms with Crippen LogP contribution in [-0.2, 0) is 6.54 Å². The summed E-state index contributed by atoms with van der Waals surface area (Å²) in [5.74, 6) is 0.228. The van der Waals surface area contributed by atoms with E-state index in [-0.39, 0.29) is 5.75 Å². The number of ether oxygens (including phenoxy) is 1. The second-order valence-electron chi connectivity index (χ2n) is 3.98. The molecule has 2 aromatic heterocycles. The quantitative estimate of drug-likeness (QED) is 0.796. The van der Waals surface area contributed by atoms with Crippen LogP contribution >= 0.6 is 11.3 Å². The molecular formula is C13H12FN3OS. The van der Waals surface area contributed by atoms with Crippen LogP contribution in [0.2, 0.25) is 0 Å². The zero-order valence-electron chi connectivity index (χ0n) is 10.3. The summed E-state index contributed by atoms with van der Waals surface area (Å²) in [5, 5.41) is 5.02. The number of para-hydroxylation sites is 1. The summed E-state index contributed by atoms with van der Waals surface area (Å²) >= 11 is 1.51. The number of halogens is 1. The predicted molar refractivity (Wildman–Crippen MR) is 72.3 cm³/mol. The van der Waals surface area contributed by atoms with E-state index in [1.165, 1.54) is 17.4 Å². The van der Waals surface area contributed by atoms with Crippen LogP contribution in [0, 0.1) is 5.82 Å². The van der Waals surface area contributed by atoms with Crippen LogP contribution in [0.4, 0.5) is 4.39 Å². The fourth-order valence-electron chi connectivity index (χ4n) is 1.85. The molecule has 3 aromatic rings. The second kappa shape index (κ2) is 4.99. The summed E-state index contributed by atoms with van der Waals surface area (Å²) in [7, 11) is 1.85. The van der Waals surface area contributed by atoms with Gasteiger partial charge in [-0.1, -0.05) is 12.1 Å². The van der Waals surface area contributed by atoms with Gasteiger partial charge in [-0.3, -0.25) is 4.40 Å². The van der Waals surface area contributed by atoms with Gasteiger partial charge in [0.15, 0.2) is 16.5 Å². The number of nitrogens with zero attached hydrogens (tertiary/aromatic N) is 2. The van der Waals surface area contributed by atoms with E-state index in [0.29, 0.717) is 12.4 Å². The van der Waals surface area contributed by atoms with E-state index in [9.17, 15) is 4.39 Å². The van der Waals surface area contributed by atoms with Gasteiger partial charge in [0.05, 0.1) is 0 Å². The van der Waals surface area contributed by atoms with Gasteiger partial charge in [-0.05, 0) is 19.2 Å². The smallest absolute Gasteiger partial charge is 0.243 e. The number of benzene rings is 1. The van der Waals surface area contributed by atoms with E-state index < -0.39 is 5.82 Å². The number of imidazole rings is 1. The minimum Gasteiger partial charge on any atom is -0.434 e. The molecule has 0 spiro atoms. The van der Waals surface area contributed by atoms with Crippen molar-refractivity contribution < 1.29 is 9.13 Å². The highest BCUT2D eigenvalue weighted by atomic mass is 32.1. The highest BCUT2D eigenvalue weighted by molar-refractivity contribution is 7.15. The van der Waals surface area contributed by atoms with Crippen LogP contribution in [-0.4, -0.2) is 16.4 Å². The number of fused-ring (bicyclic) bond motifs is 1. The summed E-state index contributed by atoms with van der Waals surface area (Å²) in [4.78, 5) is 5.21. The summed E-state index contributed by atoms with van der Waals surface area (Å²) in [5.41, 5.74) is 0.877. The Bertz CT molecular complexity index is 707. The molecule has 3 rings (SSSR count). The molecule has 1 N–H and O–H groups in total. The lowest BCUT2D eigenvalue weighted by Crippen LogP contribution is -2.08. The fraction of sp³-hybridized carbons (Fsp3) is 0.154. The minimum absolute atomic E-state index is 0.186. The third kappa shape index (κ3) is 2.20. The van der Waals surface area contributed by atoms with Gasteiger partial charge in [0.1, 0.15) is 5.69 Å². The highest BCUT2D eigenvalue weighted by Crippen LogP contribution is 2.29. The van der Waals surface area contributed by atoms with Gasteiger partial charge in [0.2, 0.25) is 5.88 Å². The standard InChI is InChI=1S/C13H12FN3OS/c1-15-8-10-12(16-13-17(10)6-7-19-13)18-11-5-3-2-4-9(11)14/h2-7,15H,8H2,1H3. The van der Waals surface area contributed by atoms with Crippen LogP contribution in [0.1, 0.15) is 5.69 Å². The molecule has 0 unspecified atom stereocenters. The van der Waals surface area contributed by atoms with E-state index in [0.717, 1.165) is 10.7 Å². The Morgan fingerprint density at radius 1 is 1.42 bits per heavy atom.